The standard InChI is InChI=1S/C16H12Cl2N2O3/c1-10-2-6-13(9-15(10)20(22)23)19-16(21)7-4-11-3-5-12(17)8-14(11)18/h2-9H,1H3,(H,19,21)/b7-4+. The van der Waals surface area contributed by atoms with Crippen LogP contribution in [0.25, 0.3) is 6.08 Å². The molecule has 0 saturated carbocycles. The van der Waals surface area contributed by atoms with Crippen LogP contribution in [-0.2, 0) is 4.79 Å². The van der Waals surface area contributed by atoms with Crippen molar-refractivity contribution in [2.45, 2.75) is 6.92 Å². The predicted molar refractivity (Wildman–Crippen MR) is 92.0 cm³/mol. The Balaban J connectivity index is 2.12. The molecule has 0 aromatic heterocycles. The van der Waals surface area contributed by atoms with Crippen molar-refractivity contribution < 1.29 is 9.72 Å². The Kier molecular flexibility index (Phi) is 5.36. The van der Waals surface area contributed by atoms with Gasteiger partial charge in [-0.15, -0.1) is 0 Å². The van der Waals surface area contributed by atoms with E-state index in [1.54, 1.807) is 37.3 Å². The minimum Gasteiger partial charge on any atom is -0.322 e. The number of aryl methyl sites for hydroxylation is 1. The van der Waals surface area contributed by atoms with Crippen LogP contribution >= 0.6 is 23.2 Å². The molecular formula is C16H12Cl2N2O3. The van der Waals surface area contributed by atoms with Gasteiger partial charge >= 0.3 is 0 Å². The summed E-state index contributed by atoms with van der Waals surface area (Å²) in [5.74, 6) is -0.422. The summed E-state index contributed by atoms with van der Waals surface area (Å²) in [4.78, 5) is 22.3. The lowest BCUT2D eigenvalue weighted by molar-refractivity contribution is -0.385. The summed E-state index contributed by atoms with van der Waals surface area (Å²) >= 11 is 11.8. The first-order valence-corrected chi connectivity index (χ1v) is 7.31. The van der Waals surface area contributed by atoms with Crippen LogP contribution in [0, 0.1) is 17.0 Å². The molecule has 0 heterocycles. The number of nitrogens with zero attached hydrogens (tertiary/aromatic N) is 1. The number of nitrogens with one attached hydrogen (secondary N) is 1. The Morgan fingerprint density at radius 3 is 2.61 bits per heavy atom. The fourth-order valence-corrected chi connectivity index (χ4v) is 2.34. The Hall–Kier alpha value is -2.37. The Labute approximate surface area is 142 Å². The Bertz CT molecular complexity index is 804. The molecule has 0 unspecified atom stereocenters. The highest BCUT2D eigenvalue weighted by Gasteiger charge is 2.11. The Morgan fingerprint density at radius 1 is 1.22 bits per heavy atom. The van der Waals surface area contributed by atoms with E-state index in [-0.39, 0.29) is 5.69 Å². The van der Waals surface area contributed by atoms with E-state index < -0.39 is 10.8 Å². The average Bonchev–Trinajstić information content (AvgIpc) is 2.48. The highest BCUT2D eigenvalue weighted by Crippen LogP contribution is 2.23. The van der Waals surface area contributed by atoms with E-state index in [0.29, 0.717) is 26.9 Å². The van der Waals surface area contributed by atoms with Crippen molar-refractivity contribution in [3.63, 3.8) is 0 Å². The van der Waals surface area contributed by atoms with Gasteiger partial charge in [-0.1, -0.05) is 35.3 Å². The van der Waals surface area contributed by atoms with Crippen molar-refractivity contribution in [2.75, 3.05) is 5.32 Å². The molecule has 0 atom stereocenters. The monoisotopic (exact) mass is 350 g/mol. The van der Waals surface area contributed by atoms with E-state index in [2.05, 4.69) is 5.32 Å². The summed E-state index contributed by atoms with van der Waals surface area (Å²) in [5, 5.41) is 14.4. The molecule has 23 heavy (non-hydrogen) atoms. The van der Waals surface area contributed by atoms with E-state index in [1.165, 1.54) is 18.2 Å². The molecule has 0 aliphatic heterocycles. The largest absolute Gasteiger partial charge is 0.322 e. The third-order valence-electron chi connectivity index (χ3n) is 3.05. The smallest absolute Gasteiger partial charge is 0.274 e. The molecule has 118 valence electrons. The van der Waals surface area contributed by atoms with Gasteiger partial charge in [0.2, 0.25) is 5.91 Å². The maximum Gasteiger partial charge on any atom is 0.274 e. The van der Waals surface area contributed by atoms with Gasteiger partial charge < -0.3 is 5.32 Å². The first-order chi connectivity index (χ1) is 10.9. The van der Waals surface area contributed by atoms with E-state index >= 15 is 0 Å². The SMILES string of the molecule is Cc1ccc(NC(=O)/C=C/c2ccc(Cl)cc2Cl)cc1[N+](=O)[O-]. The molecule has 0 bridgehead atoms. The Morgan fingerprint density at radius 2 is 1.96 bits per heavy atom. The number of hydrogen-bond acceptors (Lipinski definition) is 3. The lowest BCUT2D eigenvalue weighted by Crippen LogP contribution is -2.08. The maximum atomic E-state index is 11.9. The number of anilines is 1. The second-order valence-electron chi connectivity index (χ2n) is 4.75. The average molecular weight is 351 g/mol. The highest BCUT2D eigenvalue weighted by molar-refractivity contribution is 6.35. The van der Waals surface area contributed by atoms with Gasteiger partial charge in [-0.3, -0.25) is 14.9 Å². The molecule has 7 heteroatoms. The zero-order valence-corrected chi connectivity index (χ0v) is 13.6. The third-order valence-corrected chi connectivity index (χ3v) is 3.61. The lowest BCUT2D eigenvalue weighted by atomic mass is 10.2. The van der Waals surface area contributed by atoms with Crippen LogP contribution in [0.4, 0.5) is 11.4 Å². The van der Waals surface area contributed by atoms with Crippen LogP contribution < -0.4 is 5.32 Å². The van der Waals surface area contributed by atoms with Crippen LogP contribution in [0.2, 0.25) is 10.0 Å². The van der Waals surface area contributed by atoms with Crippen LogP contribution in [-0.4, -0.2) is 10.8 Å². The zero-order chi connectivity index (χ0) is 17.0. The molecule has 1 amide bonds. The van der Waals surface area contributed by atoms with Crippen LogP contribution in [0.3, 0.4) is 0 Å². The second-order valence-corrected chi connectivity index (χ2v) is 5.59. The molecular weight excluding hydrogens is 339 g/mol. The van der Waals surface area contributed by atoms with E-state index in [9.17, 15) is 14.9 Å². The molecule has 0 radical (unpaired) electrons. The van der Waals surface area contributed by atoms with Gasteiger partial charge in [-0.2, -0.15) is 0 Å². The van der Waals surface area contributed by atoms with Crippen LogP contribution in [0.5, 0.6) is 0 Å². The van der Waals surface area contributed by atoms with Gasteiger partial charge in [0, 0.05) is 33.4 Å². The maximum absolute atomic E-state index is 11.9. The van der Waals surface area contributed by atoms with Crippen molar-refractivity contribution in [1.82, 2.24) is 0 Å². The van der Waals surface area contributed by atoms with Crippen LogP contribution in [0.15, 0.2) is 42.5 Å². The summed E-state index contributed by atoms with van der Waals surface area (Å²) in [5.41, 5.74) is 1.46. The summed E-state index contributed by atoms with van der Waals surface area (Å²) in [7, 11) is 0. The van der Waals surface area contributed by atoms with Crippen LogP contribution in [0.1, 0.15) is 11.1 Å². The number of hydrogen-bond donors (Lipinski definition) is 1. The number of halogens is 2. The molecule has 5 nitrogen and oxygen atoms in total. The highest BCUT2D eigenvalue weighted by atomic mass is 35.5. The van der Waals surface area contributed by atoms with Gasteiger partial charge in [-0.05, 0) is 36.8 Å². The van der Waals surface area contributed by atoms with Crippen molar-refractivity contribution in [3.05, 3.63) is 73.8 Å². The van der Waals surface area contributed by atoms with Gasteiger partial charge in [0.15, 0.2) is 0 Å². The van der Waals surface area contributed by atoms with Crippen molar-refractivity contribution >= 4 is 46.6 Å². The van der Waals surface area contributed by atoms with Gasteiger partial charge in [0.25, 0.3) is 5.69 Å². The van der Waals surface area contributed by atoms with Gasteiger partial charge in [-0.25, -0.2) is 0 Å². The lowest BCUT2D eigenvalue weighted by Gasteiger charge is -2.04. The number of rotatable bonds is 4. The summed E-state index contributed by atoms with van der Waals surface area (Å²) in [6.07, 6.45) is 2.83. The quantitative estimate of drug-likeness (QED) is 0.486. The number of carbonyl (C=O) groups is 1. The van der Waals surface area contributed by atoms with Crippen molar-refractivity contribution in [2.24, 2.45) is 0 Å². The second kappa shape index (κ2) is 7.26. The van der Waals surface area contributed by atoms with Gasteiger partial charge in [0.1, 0.15) is 0 Å². The van der Waals surface area contributed by atoms with E-state index in [1.807, 2.05) is 0 Å². The zero-order valence-electron chi connectivity index (χ0n) is 12.0. The van der Waals surface area contributed by atoms with Crippen molar-refractivity contribution in [1.29, 1.82) is 0 Å². The fourth-order valence-electron chi connectivity index (χ4n) is 1.87. The first kappa shape index (κ1) is 17.0. The minimum atomic E-state index is -0.492. The molecule has 0 aliphatic carbocycles. The fraction of sp³-hybridized carbons (Fsp3) is 0.0625. The number of nitro benzene ring substituents is 1. The third kappa shape index (κ3) is 4.55. The predicted octanol–water partition coefficient (Wildman–Crippen LogP) is 4.86. The molecule has 2 aromatic rings. The van der Waals surface area contributed by atoms with E-state index in [4.69, 9.17) is 23.2 Å². The molecule has 2 rings (SSSR count). The first-order valence-electron chi connectivity index (χ1n) is 6.56. The summed E-state index contributed by atoms with van der Waals surface area (Å²) < 4.78 is 0. The molecule has 0 fully saturated rings. The molecule has 0 aliphatic rings. The molecule has 0 saturated heterocycles. The number of amides is 1. The summed E-state index contributed by atoms with van der Waals surface area (Å²) in [6, 6.07) is 9.41. The molecule has 1 N–H and O–H groups in total. The van der Waals surface area contributed by atoms with Gasteiger partial charge in [0.05, 0.1) is 4.92 Å². The molecule has 0 spiro atoms. The number of carbonyl (C=O) groups excluding carboxylic acids is 1. The molecule has 2 aromatic carbocycles. The number of nitro groups is 1. The topological polar surface area (TPSA) is 72.2 Å². The number of benzene rings is 2. The summed E-state index contributed by atoms with van der Waals surface area (Å²) in [6.45, 7) is 1.63. The van der Waals surface area contributed by atoms with E-state index in [0.717, 1.165) is 0 Å². The van der Waals surface area contributed by atoms with Crippen molar-refractivity contribution in [3.8, 4) is 0 Å². The normalized spacial score (nSPS) is 10.7. The minimum absolute atomic E-state index is 0.0486.